The molecule has 0 aliphatic carbocycles. The summed E-state index contributed by atoms with van der Waals surface area (Å²) in [6.45, 7) is 1.76. The number of rotatable bonds is 3. The molecule has 0 aliphatic heterocycles. The average Bonchev–Trinajstić information content (AvgIpc) is 2.64. The molecule has 0 aliphatic rings. The maximum Gasteiger partial charge on any atom is 0.192 e. The van der Waals surface area contributed by atoms with E-state index in [0.29, 0.717) is 17.0 Å². The quantitative estimate of drug-likeness (QED) is 0.736. The molecule has 0 unspecified atom stereocenters. The SMILES string of the molecule is Cc1nc2ccc(C(=O)CCC#N)cc2o1. The van der Waals surface area contributed by atoms with Crippen LogP contribution < -0.4 is 0 Å². The number of oxazole rings is 1. The van der Waals surface area contributed by atoms with Crippen molar-refractivity contribution in [1.82, 2.24) is 4.98 Å². The number of nitrogens with zero attached hydrogens (tertiary/aromatic N) is 2. The van der Waals surface area contributed by atoms with Crippen LogP contribution in [-0.4, -0.2) is 10.8 Å². The molecular weight excluding hydrogens is 204 g/mol. The van der Waals surface area contributed by atoms with Gasteiger partial charge in [0.2, 0.25) is 0 Å². The minimum Gasteiger partial charge on any atom is -0.441 e. The van der Waals surface area contributed by atoms with Crippen LogP contribution in [0.25, 0.3) is 11.1 Å². The number of aromatic nitrogens is 1. The molecule has 1 heterocycles. The van der Waals surface area contributed by atoms with Crippen LogP contribution in [0.4, 0.5) is 0 Å². The van der Waals surface area contributed by atoms with Gasteiger partial charge < -0.3 is 4.42 Å². The van der Waals surface area contributed by atoms with Crippen LogP contribution in [-0.2, 0) is 0 Å². The Morgan fingerprint density at radius 2 is 2.38 bits per heavy atom. The molecule has 1 aromatic heterocycles. The zero-order valence-electron chi connectivity index (χ0n) is 8.86. The Kier molecular flexibility index (Phi) is 2.69. The molecule has 0 spiro atoms. The van der Waals surface area contributed by atoms with E-state index in [1.54, 1.807) is 25.1 Å². The number of hydrogen-bond donors (Lipinski definition) is 0. The smallest absolute Gasteiger partial charge is 0.192 e. The summed E-state index contributed by atoms with van der Waals surface area (Å²) in [6.07, 6.45) is 0.488. The number of hydrogen-bond acceptors (Lipinski definition) is 4. The van der Waals surface area contributed by atoms with E-state index < -0.39 is 0 Å². The molecule has 0 saturated heterocycles. The molecule has 2 aromatic rings. The average molecular weight is 214 g/mol. The first-order chi connectivity index (χ1) is 7.70. The Labute approximate surface area is 92.5 Å². The summed E-state index contributed by atoms with van der Waals surface area (Å²) < 4.78 is 5.33. The second kappa shape index (κ2) is 4.15. The first-order valence-corrected chi connectivity index (χ1v) is 4.98. The third-order valence-corrected chi connectivity index (χ3v) is 2.28. The normalized spacial score (nSPS) is 10.2. The van der Waals surface area contributed by atoms with Crippen molar-refractivity contribution in [2.45, 2.75) is 19.8 Å². The Bertz CT molecular complexity index is 578. The van der Waals surface area contributed by atoms with Crippen LogP contribution in [0.15, 0.2) is 22.6 Å². The Balaban J connectivity index is 2.32. The van der Waals surface area contributed by atoms with Gasteiger partial charge >= 0.3 is 0 Å². The monoisotopic (exact) mass is 214 g/mol. The molecule has 0 saturated carbocycles. The molecule has 0 bridgehead atoms. The molecule has 4 heteroatoms. The van der Waals surface area contributed by atoms with Crippen molar-refractivity contribution >= 4 is 16.9 Å². The van der Waals surface area contributed by atoms with Gasteiger partial charge in [-0.15, -0.1) is 0 Å². The molecule has 0 N–H and O–H groups in total. The summed E-state index contributed by atoms with van der Waals surface area (Å²) >= 11 is 0. The van der Waals surface area contributed by atoms with Crippen molar-refractivity contribution in [3.05, 3.63) is 29.7 Å². The summed E-state index contributed by atoms with van der Waals surface area (Å²) in [5.41, 5.74) is 1.92. The fourth-order valence-electron chi connectivity index (χ4n) is 1.53. The van der Waals surface area contributed by atoms with Crippen molar-refractivity contribution in [3.63, 3.8) is 0 Å². The lowest BCUT2D eigenvalue weighted by Gasteiger charge is -1.96. The van der Waals surface area contributed by atoms with Crippen LogP contribution in [0.1, 0.15) is 29.1 Å². The van der Waals surface area contributed by atoms with Crippen molar-refractivity contribution in [2.75, 3.05) is 0 Å². The van der Waals surface area contributed by atoms with Crippen LogP contribution in [0, 0.1) is 18.3 Å². The fraction of sp³-hybridized carbons (Fsp3) is 0.250. The standard InChI is InChI=1S/C12H10N2O2/c1-8-14-10-5-4-9(7-12(10)16-8)11(15)3-2-6-13/h4-5,7H,2-3H2,1H3. The van der Waals surface area contributed by atoms with Gasteiger partial charge in [-0.3, -0.25) is 4.79 Å². The largest absolute Gasteiger partial charge is 0.441 e. The first-order valence-electron chi connectivity index (χ1n) is 4.98. The minimum absolute atomic E-state index is 0.0440. The molecule has 0 radical (unpaired) electrons. The van der Waals surface area contributed by atoms with Crippen LogP contribution >= 0.6 is 0 Å². The third-order valence-electron chi connectivity index (χ3n) is 2.28. The number of ketones is 1. The first kappa shape index (κ1) is 10.4. The fourth-order valence-corrected chi connectivity index (χ4v) is 1.53. The molecule has 80 valence electrons. The number of fused-ring (bicyclic) bond motifs is 1. The van der Waals surface area contributed by atoms with Gasteiger partial charge in [0, 0.05) is 25.3 Å². The molecule has 16 heavy (non-hydrogen) atoms. The highest BCUT2D eigenvalue weighted by Crippen LogP contribution is 2.18. The van der Waals surface area contributed by atoms with E-state index in [4.69, 9.17) is 9.68 Å². The summed E-state index contributed by atoms with van der Waals surface area (Å²) in [5, 5.41) is 8.41. The molecular formula is C12H10N2O2. The number of Topliss-reactive ketones (excluding diaryl/α,β-unsaturated/α-hetero) is 1. The maximum atomic E-state index is 11.6. The van der Waals surface area contributed by atoms with Crippen molar-refractivity contribution in [2.24, 2.45) is 0 Å². The van der Waals surface area contributed by atoms with Gasteiger partial charge in [-0.25, -0.2) is 4.98 Å². The van der Waals surface area contributed by atoms with Gasteiger partial charge in [-0.05, 0) is 18.2 Å². The molecule has 1 aromatic carbocycles. The van der Waals surface area contributed by atoms with Gasteiger partial charge in [0.25, 0.3) is 0 Å². The van der Waals surface area contributed by atoms with Gasteiger partial charge in [0.05, 0.1) is 6.07 Å². The Hall–Kier alpha value is -2.15. The lowest BCUT2D eigenvalue weighted by Crippen LogP contribution is -1.97. The van der Waals surface area contributed by atoms with E-state index in [1.165, 1.54) is 0 Å². The number of nitriles is 1. The number of benzene rings is 1. The van der Waals surface area contributed by atoms with E-state index in [1.807, 2.05) is 6.07 Å². The van der Waals surface area contributed by atoms with E-state index >= 15 is 0 Å². The third kappa shape index (κ3) is 1.94. The predicted octanol–water partition coefficient (Wildman–Crippen LogP) is 2.62. The second-order valence-corrected chi connectivity index (χ2v) is 3.50. The van der Waals surface area contributed by atoms with E-state index in [2.05, 4.69) is 4.98 Å². The van der Waals surface area contributed by atoms with Crippen molar-refractivity contribution in [1.29, 1.82) is 5.26 Å². The highest BCUT2D eigenvalue weighted by Gasteiger charge is 2.08. The van der Waals surface area contributed by atoms with E-state index in [0.717, 1.165) is 5.52 Å². The zero-order valence-corrected chi connectivity index (χ0v) is 8.86. The molecule has 2 rings (SSSR count). The second-order valence-electron chi connectivity index (χ2n) is 3.50. The number of carbonyl (C=O) groups is 1. The van der Waals surface area contributed by atoms with Gasteiger partial charge in [0.15, 0.2) is 17.3 Å². The van der Waals surface area contributed by atoms with E-state index in [9.17, 15) is 4.79 Å². The van der Waals surface area contributed by atoms with Crippen LogP contribution in [0.5, 0.6) is 0 Å². The maximum absolute atomic E-state index is 11.6. The number of carbonyl (C=O) groups excluding carboxylic acids is 1. The van der Waals surface area contributed by atoms with Crippen LogP contribution in [0.3, 0.4) is 0 Å². The van der Waals surface area contributed by atoms with E-state index in [-0.39, 0.29) is 18.6 Å². The summed E-state index contributed by atoms with van der Waals surface area (Å²) in [6, 6.07) is 7.10. The highest BCUT2D eigenvalue weighted by atomic mass is 16.3. The van der Waals surface area contributed by atoms with Crippen molar-refractivity contribution in [3.8, 4) is 6.07 Å². The lowest BCUT2D eigenvalue weighted by molar-refractivity contribution is 0.0984. The molecule has 0 atom stereocenters. The van der Waals surface area contributed by atoms with Crippen molar-refractivity contribution < 1.29 is 9.21 Å². The molecule has 0 amide bonds. The Morgan fingerprint density at radius 1 is 1.56 bits per heavy atom. The number of aryl methyl sites for hydroxylation is 1. The summed E-state index contributed by atoms with van der Waals surface area (Å²) in [7, 11) is 0. The Morgan fingerprint density at radius 3 is 3.12 bits per heavy atom. The topological polar surface area (TPSA) is 66.9 Å². The van der Waals surface area contributed by atoms with Gasteiger partial charge in [0.1, 0.15) is 5.52 Å². The summed E-state index contributed by atoms with van der Waals surface area (Å²) in [4.78, 5) is 15.8. The summed E-state index contributed by atoms with van der Waals surface area (Å²) in [5.74, 6) is 0.536. The van der Waals surface area contributed by atoms with Crippen LogP contribution in [0.2, 0.25) is 0 Å². The molecule has 4 nitrogen and oxygen atoms in total. The lowest BCUT2D eigenvalue weighted by atomic mass is 10.1. The minimum atomic E-state index is -0.0440. The van der Waals surface area contributed by atoms with Gasteiger partial charge in [-0.1, -0.05) is 0 Å². The highest BCUT2D eigenvalue weighted by molar-refractivity contribution is 5.98. The van der Waals surface area contributed by atoms with Gasteiger partial charge in [-0.2, -0.15) is 5.26 Å². The predicted molar refractivity (Wildman–Crippen MR) is 57.9 cm³/mol. The molecule has 0 fully saturated rings. The zero-order chi connectivity index (χ0) is 11.5.